The van der Waals surface area contributed by atoms with Crippen molar-refractivity contribution in [2.75, 3.05) is 19.6 Å². The summed E-state index contributed by atoms with van der Waals surface area (Å²) in [5, 5.41) is 6.06. The Morgan fingerprint density at radius 1 is 1.10 bits per heavy atom. The van der Waals surface area contributed by atoms with Crippen molar-refractivity contribution in [3.63, 3.8) is 0 Å². The van der Waals surface area contributed by atoms with Crippen molar-refractivity contribution in [1.82, 2.24) is 14.7 Å². The van der Waals surface area contributed by atoms with E-state index in [0.717, 1.165) is 18.8 Å². The lowest BCUT2D eigenvalue weighted by Crippen LogP contribution is -2.24. The molecule has 2 heterocycles. The van der Waals surface area contributed by atoms with Gasteiger partial charge in [0.1, 0.15) is 0 Å². The van der Waals surface area contributed by atoms with Crippen molar-refractivity contribution in [1.29, 1.82) is 0 Å². The Balaban J connectivity index is 1.89. The largest absolute Gasteiger partial charge is 0.301 e. The standard InChI is InChI=1S/C18H27N3/c1-14-16-8-7-15(18(2,3)4)13-17(16)21(19-14)12-11-20-9-5-6-10-20/h7-8,13H,5-6,9-12H2,1-4H3. The molecule has 114 valence electrons. The molecule has 0 radical (unpaired) electrons. The van der Waals surface area contributed by atoms with Crippen LogP contribution >= 0.6 is 0 Å². The fraction of sp³-hybridized carbons (Fsp3) is 0.611. The molecular formula is C18H27N3. The molecule has 21 heavy (non-hydrogen) atoms. The molecule has 0 amide bonds. The van der Waals surface area contributed by atoms with Crippen molar-refractivity contribution in [3.05, 3.63) is 29.5 Å². The van der Waals surface area contributed by atoms with Crippen LogP contribution in [0.15, 0.2) is 18.2 Å². The number of aryl methyl sites for hydroxylation is 1. The molecule has 1 aliphatic rings. The zero-order valence-corrected chi connectivity index (χ0v) is 13.8. The van der Waals surface area contributed by atoms with Gasteiger partial charge in [-0.1, -0.05) is 32.9 Å². The zero-order chi connectivity index (χ0) is 15.0. The van der Waals surface area contributed by atoms with Crippen LogP contribution in [0.2, 0.25) is 0 Å². The summed E-state index contributed by atoms with van der Waals surface area (Å²) in [5.41, 5.74) is 4.01. The normalized spacial score (nSPS) is 17.0. The summed E-state index contributed by atoms with van der Waals surface area (Å²) in [5.74, 6) is 0. The molecule has 0 N–H and O–H groups in total. The summed E-state index contributed by atoms with van der Waals surface area (Å²) in [6.45, 7) is 13.6. The number of nitrogens with zero attached hydrogens (tertiary/aromatic N) is 3. The molecule has 0 saturated carbocycles. The summed E-state index contributed by atoms with van der Waals surface area (Å²) < 4.78 is 2.21. The Morgan fingerprint density at radius 3 is 2.48 bits per heavy atom. The molecule has 3 nitrogen and oxygen atoms in total. The fourth-order valence-electron chi connectivity index (χ4n) is 3.22. The van der Waals surface area contributed by atoms with Gasteiger partial charge in [-0.15, -0.1) is 0 Å². The molecule has 1 fully saturated rings. The SMILES string of the molecule is Cc1nn(CCN2CCCC2)c2cc(C(C)(C)C)ccc12. The van der Waals surface area contributed by atoms with Crippen LogP contribution in [-0.4, -0.2) is 34.3 Å². The lowest BCUT2D eigenvalue weighted by Gasteiger charge is -2.19. The van der Waals surface area contributed by atoms with Gasteiger partial charge in [-0.2, -0.15) is 5.10 Å². The Hall–Kier alpha value is -1.35. The Morgan fingerprint density at radius 2 is 1.81 bits per heavy atom. The minimum Gasteiger partial charge on any atom is -0.301 e. The van der Waals surface area contributed by atoms with Crippen molar-refractivity contribution >= 4 is 10.9 Å². The quantitative estimate of drug-likeness (QED) is 0.856. The van der Waals surface area contributed by atoms with E-state index in [-0.39, 0.29) is 5.41 Å². The number of benzene rings is 1. The first-order chi connectivity index (χ1) is 9.95. The first-order valence-corrected chi connectivity index (χ1v) is 8.15. The molecule has 0 aliphatic carbocycles. The molecule has 1 aromatic carbocycles. The maximum atomic E-state index is 4.76. The molecular weight excluding hydrogens is 258 g/mol. The number of rotatable bonds is 3. The third kappa shape index (κ3) is 2.98. The van der Waals surface area contributed by atoms with E-state index in [1.165, 1.54) is 42.4 Å². The van der Waals surface area contributed by atoms with Gasteiger partial charge in [-0.25, -0.2) is 0 Å². The predicted molar refractivity (Wildman–Crippen MR) is 88.8 cm³/mol. The van der Waals surface area contributed by atoms with Crippen LogP contribution < -0.4 is 0 Å². The Kier molecular flexibility index (Phi) is 3.78. The van der Waals surface area contributed by atoms with Gasteiger partial charge in [0.05, 0.1) is 17.8 Å². The van der Waals surface area contributed by atoms with Crippen molar-refractivity contribution in [3.8, 4) is 0 Å². The molecule has 1 saturated heterocycles. The molecule has 2 aromatic rings. The van der Waals surface area contributed by atoms with Gasteiger partial charge in [0.25, 0.3) is 0 Å². The lowest BCUT2D eigenvalue weighted by molar-refractivity contribution is 0.318. The van der Waals surface area contributed by atoms with Gasteiger partial charge in [0, 0.05) is 11.9 Å². The highest BCUT2D eigenvalue weighted by molar-refractivity contribution is 5.82. The third-order valence-electron chi connectivity index (χ3n) is 4.63. The van der Waals surface area contributed by atoms with E-state index in [9.17, 15) is 0 Å². The van der Waals surface area contributed by atoms with Crippen LogP contribution in [-0.2, 0) is 12.0 Å². The molecule has 3 heteroatoms. The third-order valence-corrected chi connectivity index (χ3v) is 4.63. The highest BCUT2D eigenvalue weighted by Crippen LogP contribution is 2.27. The average molecular weight is 285 g/mol. The van der Waals surface area contributed by atoms with Crippen molar-refractivity contribution in [2.45, 2.75) is 52.5 Å². The molecule has 0 bridgehead atoms. The summed E-state index contributed by atoms with van der Waals surface area (Å²) in [6, 6.07) is 6.83. The highest BCUT2D eigenvalue weighted by Gasteiger charge is 2.17. The fourth-order valence-corrected chi connectivity index (χ4v) is 3.22. The minimum absolute atomic E-state index is 0.187. The smallest absolute Gasteiger partial charge is 0.0688 e. The van der Waals surface area contributed by atoms with E-state index in [0.29, 0.717) is 0 Å². The van der Waals surface area contributed by atoms with E-state index in [4.69, 9.17) is 5.10 Å². The number of hydrogen-bond acceptors (Lipinski definition) is 2. The van der Waals surface area contributed by atoms with Gasteiger partial charge in [-0.05, 0) is 49.9 Å². The maximum Gasteiger partial charge on any atom is 0.0688 e. The summed E-state index contributed by atoms with van der Waals surface area (Å²) in [7, 11) is 0. The van der Waals surface area contributed by atoms with Gasteiger partial charge < -0.3 is 4.90 Å². The first-order valence-electron chi connectivity index (χ1n) is 8.15. The lowest BCUT2D eigenvalue weighted by atomic mass is 9.86. The van der Waals surface area contributed by atoms with Crippen LogP contribution in [0.5, 0.6) is 0 Å². The van der Waals surface area contributed by atoms with Crippen LogP contribution in [0, 0.1) is 6.92 Å². The van der Waals surface area contributed by atoms with Gasteiger partial charge in [-0.3, -0.25) is 4.68 Å². The maximum absolute atomic E-state index is 4.76. The highest BCUT2D eigenvalue weighted by atomic mass is 15.3. The van der Waals surface area contributed by atoms with E-state index in [2.05, 4.69) is 55.5 Å². The van der Waals surface area contributed by atoms with E-state index in [1.807, 2.05) is 0 Å². The van der Waals surface area contributed by atoms with Crippen LogP contribution in [0.4, 0.5) is 0 Å². The molecule has 1 aliphatic heterocycles. The number of hydrogen-bond donors (Lipinski definition) is 0. The van der Waals surface area contributed by atoms with Crippen LogP contribution in [0.3, 0.4) is 0 Å². The number of fused-ring (bicyclic) bond motifs is 1. The van der Waals surface area contributed by atoms with E-state index in [1.54, 1.807) is 0 Å². The summed E-state index contributed by atoms with van der Waals surface area (Å²) >= 11 is 0. The monoisotopic (exact) mass is 285 g/mol. The first kappa shape index (κ1) is 14.6. The van der Waals surface area contributed by atoms with Gasteiger partial charge in [0.15, 0.2) is 0 Å². The predicted octanol–water partition coefficient (Wildman–Crippen LogP) is 3.74. The molecule has 0 atom stereocenters. The van der Waals surface area contributed by atoms with Gasteiger partial charge >= 0.3 is 0 Å². The van der Waals surface area contributed by atoms with Crippen molar-refractivity contribution in [2.24, 2.45) is 0 Å². The average Bonchev–Trinajstić information content (AvgIpc) is 3.04. The van der Waals surface area contributed by atoms with E-state index < -0.39 is 0 Å². The Labute approximate surface area is 127 Å². The number of likely N-dealkylation sites (tertiary alicyclic amines) is 1. The second-order valence-electron chi connectivity index (χ2n) is 7.34. The Bertz CT molecular complexity index is 628. The van der Waals surface area contributed by atoms with Crippen molar-refractivity contribution < 1.29 is 0 Å². The molecule has 0 spiro atoms. The molecule has 3 rings (SSSR count). The summed E-state index contributed by atoms with van der Waals surface area (Å²) in [6.07, 6.45) is 2.71. The topological polar surface area (TPSA) is 21.1 Å². The minimum atomic E-state index is 0.187. The second kappa shape index (κ2) is 5.45. The number of aromatic nitrogens is 2. The molecule has 1 aromatic heterocycles. The summed E-state index contributed by atoms with van der Waals surface area (Å²) in [4.78, 5) is 2.55. The second-order valence-corrected chi connectivity index (χ2v) is 7.34. The van der Waals surface area contributed by atoms with Crippen LogP contribution in [0.1, 0.15) is 44.9 Å². The van der Waals surface area contributed by atoms with Crippen LogP contribution in [0.25, 0.3) is 10.9 Å². The van der Waals surface area contributed by atoms with E-state index >= 15 is 0 Å². The van der Waals surface area contributed by atoms with Gasteiger partial charge in [0.2, 0.25) is 0 Å². The zero-order valence-electron chi connectivity index (χ0n) is 13.8. The molecule has 0 unspecified atom stereocenters.